The number of sulfone groups is 1. The molecule has 2 heterocycles. The average Bonchev–Trinajstić information content (AvgIpc) is 2.90. The van der Waals surface area contributed by atoms with Crippen molar-refractivity contribution in [2.75, 3.05) is 31.6 Å². The number of rotatable bonds is 6. The first-order valence-electron chi connectivity index (χ1n) is 6.63. The fourth-order valence-corrected chi connectivity index (χ4v) is 5.02. The number of aryl methyl sites for hydroxylation is 1. The van der Waals surface area contributed by atoms with Crippen LogP contribution in [-0.4, -0.2) is 51.0 Å². The summed E-state index contributed by atoms with van der Waals surface area (Å²) in [6, 6.07) is 4.49. The lowest BCUT2D eigenvalue weighted by Crippen LogP contribution is -2.37. The normalized spacial score (nSPS) is 22.2. The summed E-state index contributed by atoms with van der Waals surface area (Å²) in [4.78, 5) is 4.85. The highest BCUT2D eigenvalue weighted by molar-refractivity contribution is 7.91. The largest absolute Gasteiger partial charge is 0.311 e. The molecule has 0 bridgehead atoms. The van der Waals surface area contributed by atoms with Gasteiger partial charge in [-0.05, 0) is 32.5 Å². The van der Waals surface area contributed by atoms with Crippen molar-refractivity contribution in [1.29, 1.82) is 0 Å². The van der Waals surface area contributed by atoms with Crippen LogP contribution in [0.25, 0.3) is 0 Å². The van der Waals surface area contributed by atoms with Crippen molar-refractivity contribution in [2.45, 2.75) is 25.9 Å². The average molecular weight is 302 g/mol. The quantitative estimate of drug-likeness (QED) is 0.804. The molecule has 0 radical (unpaired) electrons. The molecule has 1 aliphatic heterocycles. The van der Waals surface area contributed by atoms with Crippen molar-refractivity contribution in [1.82, 2.24) is 10.2 Å². The van der Waals surface area contributed by atoms with Gasteiger partial charge in [0.05, 0.1) is 11.5 Å². The predicted molar refractivity (Wildman–Crippen MR) is 80.5 cm³/mol. The third kappa shape index (κ3) is 4.56. The second-order valence-corrected chi connectivity index (χ2v) is 8.83. The van der Waals surface area contributed by atoms with Gasteiger partial charge in [0.2, 0.25) is 0 Å². The molecule has 0 amide bonds. The minimum atomic E-state index is -2.77. The van der Waals surface area contributed by atoms with Crippen molar-refractivity contribution in [2.24, 2.45) is 0 Å². The van der Waals surface area contributed by atoms with E-state index in [0.29, 0.717) is 11.5 Å². The van der Waals surface area contributed by atoms with Crippen LogP contribution in [0.1, 0.15) is 16.2 Å². The Morgan fingerprint density at radius 2 is 2.26 bits per heavy atom. The van der Waals surface area contributed by atoms with E-state index in [4.69, 9.17) is 0 Å². The number of thiophene rings is 1. The van der Waals surface area contributed by atoms with Gasteiger partial charge in [0.1, 0.15) is 0 Å². The predicted octanol–water partition coefficient (Wildman–Crippen LogP) is 1.27. The third-order valence-electron chi connectivity index (χ3n) is 3.57. The molecular formula is C13H22N2O2S2. The van der Waals surface area contributed by atoms with E-state index in [2.05, 4.69) is 29.3 Å². The summed E-state index contributed by atoms with van der Waals surface area (Å²) in [6.07, 6.45) is 0.781. The van der Waals surface area contributed by atoms with Crippen LogP contribution in [0.5, 0.6) is 0 Å². The Morgan fingerprint density at radius 3 is 2.84 bits per heavy atom. The third-order valence-corrected chi connectivity index (χ3v) is 6.32. The summed E-state index contributed by atoms with van der Waals surface area (Å²) in [6.45, 7) is 4.80. The Balaban J connectivity index is 1.66. The van der Waals surface area contributed by atoms with E-state index in [0.717, 1.165) is 26.1 Å². The molecule has 1 fully saturated rings. The van der Waals surface area contributed by atoms with Gasteiger partial charge in [-0.2, -0.15) is 0 Å². The molecule has 4 nitrogen and oxygen atoms in total. The Bertz CT molecular complexity index is 510. The van der Waals surface area contributed by atoms with Gasteiger partial charge >= 0.3 is 0 Å². The molecule has 0 spiro atoms. The van der Waals surface area contributed by atoms with Crippen LogP contribution in [0, 0.1) is 6.92 Å². The molecule has 2 rings (SSSR count). The van der Waals surface area contributed by atoms with Crippen molar-refractivity contribution >= 4 is 21.2 Å². The molecule has 1 N–H and O–H groups in total. The minimum Gasteiger partial charge on any atom is -0.311 e. The van der Waals surface area contributed by atoms with E-state index in [1.165, 1.54) is 9.75 Å². The van der Waals surface area contributed by atoms with Crippen LogP contribution in [0.4, 0.5) is 0 Å². The van der Waals surface area contributed by atoms with Gasteiger partial charge in [-0.15, -0.1) is 11.3 Å². The molecule has 0 aliphatic carbocycles. The highest BCUT2D eigenvalue weighted by atomic mass is 32.2. The molecule has 1 atom stereocenters. The number of likely N-dealkylation sites (N-methyl/N-ethyl adjacent to an activating group) is 1. The zero-order valence-electron chi connectivity index (χ0n) is 11.6. The number of nitrogens with zero attached hydrogens (tertiary/aromatic N) is 1. The van der Waals surface area contributed by atoms with Gasteiger partial charge in [-0.1, -0.05) is 0 Å². The van der Waals surface area contributed by atoms with E-state index in [-0.39, 0.29) is 6.04 Å². The second kappa shape index (κ2) is 6.35. The Hall–Kier alpha value is -0.430. The summed E-state index contributed by atoms with van der Waals surface area (Å²) in [5.41, 5.74) is 0. The first kappa shape index (κ1) is 15.0. The summed E-state index contributed by atoms with van der Waals surface area (Å²) in [5.74, 6) is 0.678. The molecule has 19 heavy (non-hydrogen) atoms. The van der Waals surface area contributed by atoms with Gasteiger partial charge in [-0.25, -0.2) is 8.42 Å². The maximum atomic E-state index is 11.4. The second-order valence-electron chi connectivity index (χ2n) is 5.23. The maximum absolute atomic E-state index is 11.4. The van der Waals surface area contributed by atoms with Gasteiger partial charge in [-0.3, -0.25) is 0 Å². The lowest BCUT2D eigenvalue weighted by molar-refractivity contribution is 0.261. The summed E-state index contributed by atoms with van der Waals surface area (Å²) >= 11 is 1.82. The lowest BCUT2D eigenvalue weighted by atomic mass is 10.2. The molecule has 1 unspecified atom stereocenters. The summed E-state index contributed by atoms with van der Waals surface area (Å²) in [7, 11) is -0.755. The smallest absolute Gasteiger partial charge is 0.151 e. The first-order chi connectivity index (χ1) is 8.96. The topological polar surface area (TPSA) is 49.4 Å². The standard InChI is InChI=1S/C13H22N2O2S2/c1-11-3-4-13(18-11)9-14-6-7-15(2)12-5-8-19(16,17)10-12/h3-4,12,14H,5-10H2,1-2H3. The number of nitrogens with one attached hydrogen (secondary N) is 1. The van der Waals surface area contributed by atoms with E-state index >= 15 is 0 Å². The monoisotopic (exact) mass is 302 g/mol. The van der Waals surface area contributed by atoms with Crippen LogP contribution < -0.4 is 5.32 Å². The van der Waals surface area contributed by atoms with Gasteiger partial charge in [0, 0.05) is 35.4 Å². The molecule has 1 aliphatic rings. The zero-order chi connectivity index (χ0) is 13.9. The van der Waals surface area contributed by atoms with Crippen LogP contribution >= 0.6 is 11.3 Å². The van der Waals surface area contributed by atoms with Crippen LogP contribution in [0.15, 0.2) is 12.1 Å². The Kier molecular flexibility index (Phi) is 5.00. The molecular weight excluding hydrogens is 280 g/mol. The lowest BCUT2D eigenvalue weighted by Gasteiger charge is -2.22. The molecule has 0 aromatic carbocycles. The fraction of sp³-hybridized carbons (Fsp3) is 0.692. The molecule has 1 aromatic rings. The Morgan fingerprint density at radius 1 is 1.47 bits per heavy atom. The van der Waals surface area contributed by atoms with E-state index in [9.17, 15) is 8.42 Å². The van der Waals surface area contributed by atoms with E-state index in [1.807, 2.05) is 18.4 Å². The minimum absolute atomic E-state index is 0.204. The van der Waals surface area contributed by atoms with Crippen LogP contribution in [-0.2, 0) is 16.4 Å². The van der Waals surface area contributed by atoms with Crippen molar-refractivity contribution in [3.8, 4) is 0 Å². The van der Waals surface area contributed by atoms with Crippen LogP contribution in [0.2, 0.25) is 0 Å². The molecule has 108 valence electrons. The first-order valence-corrected chi connectivity index (χ1v) is 9.27. The fourth-order valence-electron chi connectivity index (χ4n) is 2.35. The summed E-state index contributed by atoms with van der Waals surface area (Å²) in [5, 5.41) is 3.41. The SMILES string of the molecule is Cc1ccc(CNCCN(C)C2CCS(=O)(=O)C2)s1. The number of hydrogen-bond donors (Lipinski definition) is 1. The Labute approximate surface area is 119 Å². The highest BCUT2D eigenvalue weighted by Crippen LogP contribution is 2.16. The van der Waals surface area contributed by atoms with Crippen LogP contribution in [0.3, 0.4) is 0 Å². The molecule has 6 heteroatoms. The number of hydrogen-bond acceptors (Lipinski definition) is 5. The van der Waals surface area contributed by atoms with Crippen molar-refractivity contribution in [3.05, 3.63) is 21.9 Å². The molecule has 1 aromatic heterocycles. The van der Waals surface area contributed by atoms with Crippen molar-refractivity contribution < 1.29 is 8.42 Å². The highest BCUT2D eigenvalue weighted by Gasteiger charge is 2.30. The molecule has 0 saturated carbocycles. The van der Waals surface area contributed by atoms with E-state index < -0.39 is 9.84 Å². The zero-order valence-corrected chi connectivity index (χ0v) is 13.2. The molecule has 1 saturated heterocycles. The maximum Gasteiger partial charge on any atom is 0.151 e. The van der Waals surface area contributed by atoms with E-state index in [1.54, 1.807) is 0 Å². The summed E-state index contributed by atoms with van der Waals surface area (Å²) < 4.78 is 22.8. The van der Waals surface area contributed by atoms with Gasteiger partial charge < -0.3 is 10.2 Å². The van der Waals surface area contributed by atoms with Crippen molar-refractivity contribution in [3.63, 3.8) is 0 Å². The van der Waals surface area contributed by atoms with Gasteiger partial charge in [0.15, 0.2) is 9.84 Å². The van der Waals surface area contributed by atoms with Gasteiger partial charge in [0.25, 0.3) is 0 Å².